The molecule has 0 radical (unpaired) electrons. The summed E-state index contributed by atoms with van der Waals surface area (Å²) >= 11 is 0. The van der Waals surface area contributed by atoms with Crippen LogP contribution in [0.3, 0.4) is 0 Å². The third-order valence-corrected chi connectivity index (χ3v) is 5.10. The number of para-hydroxylation sites is 1. The molecule has 0 saturated heterocycles. The van der Waals surface area contributed by atoms with Gasteiger partial charge in [-0.25, -0.2) is 4.98 Å². The Balaban J connectivity index is 1.77. The van der Waals surface area contributed by atoms with Gasteiger partial charge < -0.3 is 10.3 Å². The second-order valence-corrected chi connectivity index (χ2v) is 7.04. The Morgan fingerprint density at radius 3 is 2.65 bits per heavy atom. The minimum atomic E-state index is -0.0511. The van der Waals surface area contributed by atoms with Crippen LogP contribution in [0.15, 0.2) is 35.1 Å². The predicted molar refractivity (Wildman–Crippen MR) is 104 cm³/mol. The van der Waals surface area contributed by atoms with Gasteiger partial charge in [-0.05, 0) is 31.4 Å². The average molecular weight is 351 g/mol. The average Bonchev–Trinajstić information content (AvgIpc) is 3.11. The van der Waals surface area contributed by atoms with Gasteiger partial charge in [0, 0.05) is 18.2 Å². The van der Waals surface area contributed by atoms with E-state index in [1.54, 1.807) is 4.57 Å². The van der Waals surface area contributed by atoms with Gasteiger partial charge in [-0.3, -0.25) is 9.36 Å². The minimum absolute atomic E-state index is 0.0511. The number of nitrogens with zero attached hydrogens (tertiary/aromatic N) is 3. The summed E-state index contributed by atoms with van der Waals surface area (Å²) in [6.45, 7) is 2.68. The van der Waals surface area contributed by atoms with Gasteiger partial charge in [0.2, 0.25) is 5.95 Å². The molecule has 136 valence electrons. The van der Waals surface area contributed by atoms with E-state index in [1.807, 2.05) is 30.3 Å². The number of H-pyrrole nitrogens is 1. The van der Waals surface area contributed by atoms with Crippen molar-refractivity contribution >= 4 is 22.8 Å². The summed E-state index contributed by atoms with van der Waals surface area (Å²) in [5.74, 6) is 1.89. The molecule has 0 spiro atoms. The molecule has 2 aromatic heterocycles. The zero-order valence-corrected chi connectivity index (χ0v) is 15.2. The summed E-state index contributed by atoms with van der Waals surface area (Å²) in [6.07, 6.45) is 6.89. The van der Waals surface area contributed by atoms with E-state index in [-0.39, 0.29) is 5.56 Å². The number of imidazole rings is 1. The molecule has 6 nitrogen and oxygen atoms in total. The van der Waals surface area contributed by atoms with E-state index in [1.165, 1.54) is 19.3 Å². The number of aromatic nitrogens is 4. The number of nitrogens with one attached hydrogen (secondary N) is 2. The van der Waals surface area contributed by atoms with Crippen molar-refractivity contribution in [2.45, 2.75) is 57.9 Å². The normalized spacial score (nSPS) is 15.4. The molecule has 0 aliphatic heterocycles. The highest BCUT2D eigenvalue weighted by Gasteiger charge is 2.21. The molecule has 2 N–H and O–H groups in total. The standard InChI is InChI=1S/C20H25N5O/c1-2-13-25-19(26)16-18(23-17(22-16)14-9-5-3-6-10-14)24-20(25)21-15-11-7-4-8-12-15/h4,7-8,11-12,14H,2-3,5-6,9-10,13H2,1H3,(H,21,24)(H,22,23). The van der Waals surface area contributed by atoms with Gasteiger partial charge in [0.1, 0.15) is 5.82 Å². The van der Waals surface area contributed by atoms with Gasteiger partial charge in [-0.15, -0.1) is 0 Å². The zero-order chi connectivity index (χ0) is 17.9. The van der Waals surface area contributed by atoms with Crippen LogP contribution in [0.25, 0.3) is 11.2 Å². The monoisotopic (exact) mass is 351 g/mol. The molecule has 2 heterocycles. The highest BCUT2D eigenvalue weighted by Crippen LogP contribution is 2.31. The number of hydrogen-bond acceptors (Lipinski definition) is 4. The summed E-state index contributed by atoms with van der Waals surface area (Å²) < 4.78 is 1.71. The third kappa shape index (κ3) is 3.23. The van der Waals surface area contributed by atoms with Crippen molar-refractivity contribution in [2.24, 2.45) is 0 Å². The van der Waals surface area contributed by atoms with Gasteiger partial charge in [0.05, 0.1) is 0 Å². The first-order chi connectivity index (χ1) is 12.8. The Bertz CT molecular complexity index is 938. The number of rotatable bonds is 5. The van der Waals surface area contributed by atoms with Gasteiger partial charge in [0.15, 0.2) is 11.2 Å². The van der Waals surface area contributed by atoms with E-state index in [0.717, 1.165) is 30.8 Å². The maximum Gasteiger partial charge on any atom is 0.280 e. The van der Waals surface area contributed by atoms with Crippen LogP contribution in [0.2, 0.25) is 0 Å². The van der Waals surface area contributed by atoms with Gasteiger partial charge in [-0.2, -0.15) is 4.98 Å². The molecule has 1 aliphatic carbocycles. The SMILES string of the molecule is CCCn1c(Nc2ccccc2)nc2nc(C3CCCCC3)[nH]c2c1=O. The molecule has 26 heavy (non-hydrogen) atoms. The second-order valence-electron chi connectivity index (χ2n) is 7.04. The molecule has 0 bridgehead atoms. The Morgan fingerprint density at radius 2 is 1.92 bits per heavy atom. The highest BCUT2D eigenvalue weighted by molar-refractivity contribution is 5.72. The van der Waals surface area contributed by atoms with Crippen molar-refractivity contribution in [2.75, 3.05) is 5.32 Å². The molecule has 0 atom stereocenters. The molecule has 1 fully saturated rings. The van der Waals surface area contributed by atoms with Crippen molar-refractivity contribution in [3.63, 3.8) is 0 Å². The largest absolute Gasteiger partial charge is 0.336 e. The smallest absolute Gasteiger partial charge is 0.280 e. The summed E-state index contributed by atoms with van der Waals surface area (Å²) in [5, 5.41) is 3.28. The summed E-state index contributed by atoms with van der Waals surface area (Å²) in [7, 11) is 0. The third-order valence-electron chi connectivity index (χ3n) is 5.10. The Labute approximate surface area is 152 Å². The van der Waals surface area contributed by atoms with Crippen molar-refractivity contribution in [1.29, 1.82) is 0 Å². The first-order valence-electron chi connectivity index (χ1n) is 9.58. The fourth-order valence-electron chi connectivity index (χ4n) is 3.75. The van der Waals surface area contributed by atoms with Crippen molar-refractivity contribution in [3.8, 4) is 0 Å². The van der Waals surface area contributed by atoms with Crippen LogP contribution in [0, 0.1) is 0 Å². The number of fused-ring (bicyclic) bond motifs is 1. The lowest BCUT2D eigenvalue weighted by molar-refractivity contribution is 0.431. The van der Waals surface area contributed by atoms with Crippen molar-refractivity contribution < 1.29 is 0 Å². The molecule has 1 aromatic carbocycles. The predicted octanol–water partition coefficient (Wildman–Crippen LogP) is 4.32. The molecule has 1 aliphatic rings. The quantitative estimate of drug-likeness (QED) is 0.718. The van der Waals surface area contributed by atoms with E-state index in [9.17, 15) is 4.79 Å². The lowest BCUT2D eigenvalue weighted by Gasteiger charge is -2.18. The molecule has 4 rings (SSSR count). The molecular weight excluding hydrogens is 326 g/mol. The number of anilines is 2. The number of benzene rings is 1. The van der Waals surface area contributed by atoms with E-state index in [0.29, 0.717) is 29.6 Å². The fourth-order valence-corrected chi connectivity index (χ4v) is 3.75. The van der Waals surface area contributed by atoms with Gasteiger partial charge in [-0.1, -0.05) is 44.4 Å². The Hall–Kier alpha value is -2.63. The maximum atomic E-state index is 13.0. The fraction of sp³-hybridized carbons (Fsp3) is 0.450. The van der Waals surface area contributed by atoms with E-state index in [2.05, 4.69) is 27.2 Å². The van der Waals surface area contributed by atoms with Gasteiger partial charge >= 0.3 is 0 Å². The van der Waals surface area contributed by atoms with Crippen molar-refractivity contribution in [3.05, 3.63) is 46.5 Å². The lowest BCUT2D eigenvalue weighted by atomic mass is 9.89. The van der Waals surface area contributed by atoms with Crippen LogP contribution in [-0.2, 0) is 6.54 Å². The summed E-state index contributed by atoms with van der Waals surface area (Å²) in [6, 6.07) is 9.80. The number of hydrogen-bond donors (Lipinski definition) is 2. The summed E-state index contributed by atoms with van der Waals surface area (Å²) in [4.78, 5) is 25.7. The first-order valence-corrected chi connectivity index (χ1v) is 9.58. The number of aromatic amines is 1. The maximum absolute atomic E-state index is 13.0. The molecule has 6 heteroatoms. The van der Waals surface area contributed by atoms with Crippen LogP contribution >= 0.6 is 0 Å². The minimum Gasteiger partial charge on any atom is -0.336 e. The van der Waals surface area contributed by atoms with E-state index in [4.69, 9.17) is 0 Å². The van der Waals surface area contributed by atoms with Gasteiger partial charge in [0.25, 0.3) is 5.56 Å². The Morgan fingerprint density at radius 1 is 1.15 bits per heavy atom. The lowest BCUT2D eigenvalue weighted by Crippen LogP contribution is -2.24. The van der Waals surface area contributed by atoms with E-state index >= 15 is 0 Å². The molecular formula is C20H25N5O. The molecule has 0 unspecified atom stereocenters. The Kier molecular flexibility index (Phi) is 4.73. The molecule has 3 aromatic rings. The van der Waals surface area contributed by atoms with Crippen LogP contribution < -0.4 is 10.9 Å². The van der Waals surface area contributed by atoms with Crippen LogP contribution in [0.4, 0.5) is 11.6 Å². The van der Waals surface area contributed by atoms with E-state index < -0.39 is 0 Å². The van der Waals surface area contributed by atoms with Crippen LogP contribution in [-0.4, -0.2) is 19.5 Å². The summed E-state index contributed by atoms with van der Waals surface area (Å²) in [5.41, 5.74) is 1.90. The second kappa shape index (κ2) is 7.32. The van der Waals surface area contributed by atoms with Crippen molar-refractivity contribution in [1.82, 2.24) is 19.5 Å². The first kappa shape index (κ1) is 16.8. The topological polar surface area (TPSA) is 75.6 Å². The zero-order valence-electron chi connectivity index (χ0n) is 15.2. The highest BCUT2D eigenvalue weighted by atomic mass is 16.1. The molecule has 0 amide bonds. The van der Waals surface area contributed by atoms with Crippen LogP contribution in [0.5, 0.6) is 0 Å². The molecule has 1 saturated carbocycles. The van der Waals surface area contributed by atoms with Crippen LogP contribution in [0.1, 0.15) is 57.2 Å².